The average Bonchev–Trinajstić information content (AvgIpc) is 2.37. The van der Waals surface area contributed by atoms with Crippen LogP contribution in [0.25, 0.3) is 0 Å². The maximum Gasteiger partial charge on any atom is 0.255 e. The summed E-state index contributed by atoms with van der Waals surface area (Å²) in [5.74, 6) is -0.163. The molecule has 1 atom stereocenters. The number of carbonyl (C=O) groups excluding carboxylic acids is 1. The van der Waals surface area contributed by atoms with Crippen LogP contribution in [0.4, 0.5) is 0 Å². The predicted molar refractivity (Wildman–Crippen MR) is 68.8 cm³/mol. The lowest BCUT2D eigenvalue weighted by Gasteiger charge is -2.24. The summed E-state index contributed by atoms with van der Waals surface area (Å²) in [5, 5.41) is 11.7. The number of halogens is 1. The van der Waals surface area contributed by atoms with Crippen LogP contribution < -0.4 is 5.73 Å². The zero-order valence-electron chi connectivity index (χ0n) is 10.2. The highest BCUT2D eigenvalue weighted by atomic mass is 35.5. The molecular weight excluding hydrogens is 256 g/mol. The number of nitrogens with two attached hydrogens (primary N) is 1. The van der Waals surface area contributed by atoms with Gasteiger partial charge in [0, 0.05) is 31.9 Å². The van der Waals surface area contributed by atoms with E-state index in [0.717, 1.165) is 0 Å². The second-order valence-corrected chi connectivity index (χ2v) is 4.32. The van der Waals surface area contributed by atoms with E-state index in [9.17, 15) is 4.79 Å². The molecule has 0 saturated carbocycles. The molecule has 0 bridgehead atoms. The Morgan fingerprint density at radius 1 is 1.72 bits per heavy atom. The smallest absolute Gasteiger partial charge is 0.255 e. The van der Waals surface area contributed by atoms with Gasteiger partial charge in [-0.3, -0.25) is 9.78 Å². The number of amides is 1. The van der Waals surface area contributed by atoms with Gasteiger partial charge in [0.15, 0.2) is 0 Å². The molecule has 0 aromatic carbocycles. The Hall–Kier alpha value is -1.82. The standard InChI is InChI=1S/C11H15ClN4O2/c1-7(5-10(13)15-18)16(2)11(17)8-3-4-14-6-9(8)12/h3-4,6-7,18H,5H2,1-2H3,(H2,13,15). The van der Waals surface area contributed by atoms with Gasteiger partial charge in [-0.05, 0) is 13.0 Å². The molecule has 0 spiro atoms. The van der Waals surface area contributed by atoms with Crippen molar-refractivity contribution >= 4 is 23.3 Å². The van der Waals surface area contributed by atoms with Crippen LogP contribution in [-0.2, 0) is 0 Å². The van der Waals surface area contributed by atoms with Gasteiger partial charge >= 0.3 is 0 Å². The van der Waals surface area contributed by atoms with Crippen molar-refractivity contribution in [2.45, 2.75) is 19.4 Å². The third-order valence-corrected chi connectivity index (χ3v) is 2.92. The molecule has 6 nitrogen and oxygen atoms in total. The Morgan fingerprint density at radius 2 is 2.39 bits per heavy atom. The van der Waals surface area contributed by atoms with Crippen molar-refractivity contribution in [1.29, 1.82) is 0 Å². The van der Waals surface area contributed by atoms with E-state index in [-0.39, 0.29) is 24.2 Å². The van der Waals surface area contributed by atoms with E-state index >= 15 is 0 Å². The summed E-state index contributed by atoms with van der Waals surface area (Å²) in [5.41, 5.74) is 5.78. The van der Waals surface area contributed by atoms with E-state index in [1.54, 1.807) is 20.0 Å². The molecule has 0 radical (unpaired) electrons. The third-order valence-electron chi connectivity index (χ3n) is 2.62. The molecule has 98 valence electrons. The molecule has 3 N–H and O–H groups in total. The van der Waals surface area contributed by atoms with Gasteiger partial charge in [0.25, 0.3) is 5.91 Å². The maximum absolute atomic E-state index is 12.1. The summed E-state index contributed by atoms with van der Waals surface area (Å²) in [6, 6.07) is 1.34. The molecule has 0 fully saturated rings. The number of oxime groups is 1. The van der Waals surface area contributed by atoms with Crippen molar-refractivity contribution < 1.29 is 10.0 Å². The van der Waals surface area contributed by atoms with Crippen LogP contribution in [0.1, 0.15) is 23.7 Å². The van der Waals surface area contributed by atoms with Gasteiger partial charge in [0.1, 0.15) is 5.84 Å². The lowest BCUT2D eigenvalue weighted by molar-refractivity contribution is 0.0747. The van der Waals surface area contributed by atoms with E-state index in [1.165, 1.54) is 17.3 Å². The maximum atomic E-state index is 12.1. The SMILES string of the molecule is CC(CC(N)=NO)N(C)C(=O)c1ccncc1Cl. The number of rotatable bonds is 4. The normalized spacial score (nSPS) is 13.2. The summed E-state index contributed by atoms with van der Waals surface area (Å²) in [7, 11) is 1.63. The molecule has 1 unspecified atom stereocenters. The molecule has 0 aliphatic heterocycles. The van der Waals surface area contributed by atoms with E-state index < -0.39 is 0 Å². The minimum atomic E-state index is -0.236. The van der Waals surface area contributed by atoms with E-state index in [2.05, 4.69) is 10.1 Å². The number of pyridine rings is 1. The minimum Gasteiger partial charge on any atom is -0.409 e. The zero-order valence-corrected chi connectivity index (χ0v) is 10.9. The van der Waals surface area contributed by atoms with Crippen LogP contribution in [-0.4, -0.2) is 39.9 Å². The lowest BCUT2D eigenvalue weighted by Crippen LogP contribution is -2.37. The van der Waals surface area contributed by atoms with Crippen molar-refractivity contribution in [2.24, 2.45) is 10.9 Å². The predicted octanol–water partition coefficient (Wildman–Crippen LogP) is 1.33. The first-order chi connectivity index (χ1) is 8.47. The van der Waals surface area contributed by atoms with Crippen LogP contribution in [0.2, 0.25) is 5.02 Å². The van der Waals surface area contributed by atoms with Gasteiger partial charge < -0.3 is 15.8 Å². The second-order valence-electron chi connectivity index (χ2n) is 3.92. The van der Waals surface area contributed by atoms with Gasteiger partial charge in [0.2, 0.25) is 0 Å². The largest absolute Gasteiger partial charge is 0.409 e. The molecule has 1 amide bonds. The second kappa shape index (κ2) is 6.20. The molecule has 1 heterocycles. The number of carbonyl (C=O) groups is 1. The first-order valence-corrected chi connectivity index (χ1v) is 5.68. The van der Waals surface area contributed by atoms with Gasteiger partial charge in [-0.2, -0.15) is 0 Å². The van der Waals surface area contributed by atoms with Crippen LogP contribution in [0.5, 0.6) is 0 Å². The fourth-order valence-electron chi connectivity index (χ4n) is 1.42. The van der Waals surface area contributed by atoms with Crippen LogP contribution in [0, 0.1) is 0 Å². The Bertz CT molecular complexity index is 464. The fourth-order valence-corrected chi connectivity index (χ4v) is 1.62. The van der Waals surface area contributed by atoms with Crippen molar-refractivity contribution in [2.75, 3.05) is 7.05 Å². The molecule has 7 heteroatoms. The number of aromatic nitrogens is 1. The highest BCUT2D eigenvalue weighted by molar-refractivity contribution is 6.33. The number of hydrogen-bond donors (Lipinski definition) is 2. The summed E-state index contributed by atoms with van der Waals surface area (Å²) < 4.78 is 0. The molecule has 18 heavy (non-hydrogen) atoms. The van der Waals surface area contributed by atoms with E-state index in [1.807, 2.05) is 0 Å². The lowest BCUT2D eigenvalue weighted by atomic mass is 10.1. The Kier molecular flexibility index (Phi) is 4.91. The number of hydrogen-bond acceptors (Lipinski definition) is 4. The highest BCUT2D eigenvalue weighted by Crippen LogP contribution is 2.16. The average molecular weight is 271 g/mol. The van der Waals surface area contributed by atoms with Gasteiger partial charge in [-0.25, -0.2) is 0 Å². The van der Waals surface area contributed by atoms with Crippen LogP contribution in [0.3, 0.4) is 0 Å². The van der Waals surface area contributed by atoms with E-state index in [0.29, 0.717) is 10.6 Å². The van der Waals surface area contributed by atoms with E-state index in [4.69, 9.17) is 22.5 Å². The quantitative estimate of drug-likeness (QED) is 0.374. The van der Waals surface area contributed by atoms with Crippen molar-refractivity contribution in [1.82, 2.24) is 9.88 Å². The Labute approximate surface area is 110 Å². The first-order valence-electron chi connectivity index (χ1n) is 5.30. The summed E-state index contributed by atoms with van der Waals surface area (Å²) in [4.78, 5) is 17.5. The molecule has 0 saturated heterocycles. The number of nitrogens with zero attached hydrogens (tertiary/aromatic N) is 3. The fraction of sp³-hybridized carbons (Fsp3) is 0.364. The third kappa shape index (κ3) is 3.33. The Morgan fingerprint density at radius 3 is 2.94 bits per heavy atom. The number of amidine groups is 1. The van der Waals surface area contributed by atoms with Crippen molar-refractivity contribution in [3.8, 4) is 0 Å². The monoisotopic (exact) mass is 270 g/mol. The van der Waals surface area contributed by atoms with Crippen LogP contribution in [0.15, 0.2) is 23.6 Å². The molecule has 1 aromatic rings. The van der Waals surface area contributed by atoms with Gasteiger partial charge in [-0.1, -0.05) is 16.8 Å². The van der Waals surface area contributed by atoms with Gasteiger partial charge in [0.05, 0.1) is 10.6 Å². The highest BCUT2D eigenvalue weighted by Gasteiger charge is 2.20. The molecule has 0 aliphatic carbocycles. The zero-order chi connectivity index (χ0) is 13.7. The van der Waals surface area contributed by atoms with Crippen molar-refractivity contribution in [3.63, 3.8) is 0 Å². The minimum absolute atomic E-state index is 0.0722. The summed E-state index contributed by atoms with van der Waals surface area (Å²) >= 11 is 5.90. The molecule has 0 aliphatic rings. The molecular formula is C11H15ClN4O2. The molecule has 1 aromatic heterocycles. The van der Waals surface area contributed by atoms with Crippen molar-refractivity contribution in [3.05, 3.63) is 29.0 Å². The summed E-state index contributed by atoms with van der Waals surface area (Å²) in [6.07, 6.45) is 3.19. The Balaban J connectivity index is 2.81. The topological polar surface area (TPSA) is 91.8 Å². The molecule has 1 rings (SSSR count). The summed E-state index contributed by atoms with van der Waals surface area (Å²) in [6.45, 7) is 1.80. The van der Waals surface area contributed by atoms with Crippen LogP contribution >= 0.6 is 11.6 Å². The van der Waals surface area contributed by atoms with Gasteiger partial charge in [-0.15, -0.1) is 0 Å². The first kappa shape index (κ1) is 14.2.